The van der Waals surface area contributed by atoms with Gasteiger partial charge in [-0.2, -0.15) is 0 Å². The molecule has 1 rings (SSSR count). The molecule has 0 saturated heterocycles. The van der Waals surface area contributed by atoms with E-state index in [1.807, 2.05) is 0 Å². The van der Waals surface area contributed by atoms with E-state index in [-0.39, 0.29) is 0 Å². The molecule has 0 aromatic heterocycles. The molecule has 1 saturated carbocycles. The number of hydrogen-bond donors (Lipinski definition) is 3. The summed E-state index contributed by atoms with van der Waals surface area (Å²) in [7, 11) is 2.08. The van der Waals surface area contributed by atoms with Crippen molar-refractivity contribution in [2.24, 2.45) is 41.4 Å². The van der Waals surface area contributed by atoms with Crippen LogP contribution < -0.4 is 16.6 Å². The van der Waals surface area contributed by atoms with Crippen molar-refractivity contribution in [1.29, 1.82) is 0 Å². The van der Waals surface area contributed by atoms with Crippen molar-refractivity contribution in [2.75, 3.05) is 20.1 Å². The zero-order valence-corrected chi connectivity index (χ0v) is 29.6. The summed E-state index contributed by atoms with van der Waals surface area (Å²) in [6.07, 6.45) is 39.1. The number of rotatable bonds is 29. The molecule has 42 heavy (non-hydrogen) atoms. The summed E-state index contributed by atoms with van der Waals surface area (Å²) in [5.74, 6) is 10.9. The average Bonchev–Trinajstić information content (AvgIpc) is 2.99. The minimum absolute atomic E-state index is 0.785. The zero-order valence-electron chi connectivity index (χ0n) is 29.6. The second-order valence-electron chi connectivity index (χ2n) is 14.4. The van der Waals surface area contributed by atoms with Crippen molar-refractivity contribution in [3.8, 4) is 0 Å². The highest BCUT2D eigenvalue weighted by atomic mass is 15.2. The molecule has 0 spiro atoms. The molecule has 0 aromatic carbocycles. The fourth-order valence-corrected chi connectivity index (χ4v) is 8.37. The molecular weight excluding hydrogens is 510 g/mol. The molecule has 0 amide bonds. The predicted octanol–water partition coefficient (Wildman–Crippen LogP) is 11.4. The first-order chi connectivity index (χ1) is 20.6. The van der Waals surface area contributed by atoms with Gasteiger partial charge in [0.15, 0.2) is 0 Å². The molecule has 4 N–H and O–H groups in total. The van der Waals surface area contributed by atoms with E-state index in [1.165, 1.54) is 161 Å². The van der Waals surface area contributed by atoms with Crippen molar-refractivity contribution in [2.45, 2.75) is 182 Å². The Hall–Kier alpha value is -0.380. The highest BCUT2D eigenvalue weighted by Crippen LogP contribution is 2.49. The van der Waals surface area contributed by atoms with E-state index < -0.39 is 0 Å². The molecule has 250 valence electrons. The average molecular weight is 590 g/mol. The Morgan fingerprint density at radius 3 is 1.83 bits per heavy atom. The second-order valence-corrected chi connectivity index (χ2v) is 14.4. The first-order valence-corrected chi connectivity index (χ1v) is 19.3. The monoisotopic (exact) mass is 590 g/mol. The summed E-state index contributed by atoms with van der Waals surface area (Å²) < 4.78 is 0. The van der Waals surface area contributed by atoms with Gasteiger partial charge in [-0.25, -0.2) is 0 Å². The lowest BCUT2D eigenvalue weighted by Gasteiger charge is -2.46. The lowest BCUT2D eigenvalue weighted by molar-refractivity contribution is 0.0470. The molecule has 0 aromatic rings. The molecule has 3 heteroatoms. The predicted molar refractivity (Wildman–Crippen MR) is 190 cm³/mol. The second kappa shape index (κ2) is 28.1. The third kappa shape index (κ3) is 18.4. The lowest BCUT2D eigenvalue weighted by Crippen LogP contribution is -2.37. The first-order valence-electron chi connectivity index (χ1n) is 19.3. The number of hydrogen-bond acceptors (Lipinski definition) is 3. The standard InChI is InChI=1S/C39H79N3/c1-6-9-11-20-28-37-33-39(34(4)32-36(37)26-10-7-2)38(29-22-17-13-14-18-23-30-41-5)35(25-8-3)27-21-16-12-15-19-24-31-42-40/h8,25,34-39,41-42H,6-7,9-24,26-33,40H2,1-5H3. The van der Waals surface area contributed by atoms with Crippen LogP contribution in [0.25, 0.3) is 0 Å². The van der Waals surface area contributed by atoms with E-state index in [0.717, 1.165) is 42.1 Å². The Morgan fingerprint density at radius 2 is 1.21 bits per heavy atom. The molecule has 1 fully saturated rings. The number of nitrogens with two attached hydrogens (primary N) is 1. The van der Waals surface area contributed by atoms with Gasteiger partial charge in [0.2, 0.25) is 0 Å². The fraction of sp³-hybridized carbons (Fsp3) is 0.949. The third-order valence-electron chi connectivity index (χ3n) is 10.9. The summed E-state index contributed by atoms with van der Waals surface area (Å²) in [5, 5.41) is 3.31. The summed E-state index contributed by atoms with van der Waals surface area (Å²) in [4.78, 5) is 0. The normalized spacial score (nSPS) is 22.6. The van der Waals surface area contributed by atoms with E-state index in [0.29, 0.717) is 0 Å². The van der Waals surface area contributed by atoms with Gasteiger partial charge in [0, 0.05) is 6.54 Å². The van der Waals surface area contributed by atoms with Gasteiger partial charge in [-0.05, 0) is 94.5 Å². The number of allylic oxidation sites excluding steroid dienone is 2. The maximum absolute atomic E-state index is 5.44. The molecule has 0 aliphatic heterocycles. The lowest BCUT2D eigenvalue weighted by atomic mass is 9.59. The summed E-state index contributed by atoms with van der Waals surface area (Å²) in [6, 6.07) is 0. The molecule has 0 radical (unpaired) electrons. The summed E-state index contributed by atoms with van der Waals surface area (Å²) >= 11 is 0. The van der Waals surface area contributed by atoms with Crippen LogP contribution in [-0.2, 0) is 0 Å². The van der Waals surface area contributed by atoms with Crippen LogP contribution in [0.5, 0.6) is 0 Å². The Morgan fingerprint density at radius 1 is 0.667 bits per heavy atom. The highest BCUT2D eigenvalue weighted by molar-refractivity contribution is 4.96. The van der Waals surface area contributed by atoms with Crippen molar-refractivity contribution in [1.82, 2.24) is 10.7 Å². The molecule has 1 aliphatic carbocycles. The van der Waals surface area contributed by atoms with Crippen LogP contribution in [0.1, 0.15) is 182 Å². The largest absolute Gasteiger partial charge is 0.320 e. The number of hydrazine groups is 1. The molecule has 6 unspecified atom stereocenters. The van der Waals surface area contributed by atoms with Crippen molar-refractivity contribution in [3.05, 3.63) is 12.2 Å². The number of nitrogens with one attached hydrogen (secondary N) is 2. The van der Waals surface area contributed by atoms with Crippen LogP contribution in [-0.4, -0.2) is 20.1 Å². The van der Waals surface area contributed by atoms with Gasteiger partial charge in [0.05, 0.1) is 0 Å². The number of unbranched alkanes of at least 4 members (excludes halogenated alkanes) is 14. The van der Waals surface area contributed by atoms with Crippen LogP contribution in [0.2, 0.25) is 0 Å². The quantitative estimate of drug-likeness (QED) is 0.0352. The molecular formula is C39H79N3. The smallest absolute Gasteiger partial charge is 0.00974 e. The molecule has 0 bridgehead atoms. The van der Waals surface area contributed by atoms with Gasteiger partial charge in [-0.15, -0.1) is 0 Å². The topological polar surface area (TPSA) is 50.1 Å². The van der Waals surface area contributed by atoms with E-state index in [2.05, 4.69) is 57.6 Å². The Balaban J connectivity index is 2.88. The summed E-state index contributed by atoms with van der Waals surface area (Å²) in [6.45, 7) is 11.8. The van der Waals surface area contributed by atoms with Crippen molar-refractivity contribution >= 4 is 0 Å². The SMILES string of the molecule is CC=CC(CCCCCCCCNN)C(CCCCCCCCNC)C1CC(CCCCCC)C(CCCC)CC1C. The Bertz CT molecular complexity index is 590. The zero-order chi connectivity index (χ0) is 30.7. The first kappa shape index (κ1) is 39.6. The Labute approximate surface area is 265 Å². The minimum atomic E-state index is 0.785. The molecule has 3 nitrogen and oxygen atoms in total. The molecule has 0 heterocycles. The van der Waals surface area contributed by atoms with Gasteiger partial charge in [-0.1, -0.05) is 148 Å². The van der Waals surface area contributed by atoms with E-state index in [9.17, 15) is 0 Å². The van der Waals surface area contributed by atoms with E-state index in [1.54, 1.807) is 0 Å². The maximum atomic E-state index is 5.44. The third-order valence-corrected chi connectivity index (χ3v) is 10.9. The fourth-order valence-electron chi connectivity index (χ4n) is 8.37. The molecule has 1 aliphatic rings. The van der Waals surface area contributed by atoms with Crippen LogP contribution in [0.15, 0.2) is 12.2 Å². The van der Waals surface area contributed by atoms with Gasteiger partial charge in [0.25, 0.3) is 0 Å². The summed E-state index contributed by atoms with van der Waals surface area (Å²) in [5.41, 5.74) is 2.80. The van der Waals surface area contributed by atoms with Crippen molar-refractivity contribution in [3.63, 3.8) is 0 Å². The highest BCUT2D eigenvalue weighted by Gasteiger charge is 2.39. The van der Waals surface area contributed by atoms with Crippen LogP contribution >= 0.6 is 0 Å². The van der Waals surface area contributed by atoms with Crippen LogP contribution in [0, 0.1) is 35.5 Å². The van der Waals surface area contributed by atoms with Gasteiger partial charge < -0.3 is 5.32 Å². The Kier molecular flexibility index (Phi) is 26.5. The van der Waals surface area contributed by atoms with Crippen LogP contribution in [0.3, 0.4) is 0 Å². The van der Waals surface area contributed by atoms with E-state index >= 15 is 0 Å². The van der Waals surface area contributed by atoms with E-state index in [4.69, 9.17) is 5.84 Å². The van der Waals surface area contributed by atoms with Crippen molar-refractivity contribution < 1.29 is 0 Å². The maximum Gasteiger partial charge on any atom is 0.00974 e. The van der Waals surface area contributed by atoms with Gasteiger partial charge in [0.1, 0.15) is 0 Å². The van der Waals surface area contributed by atoms with Gasteiger partial charge >= 0.3 is 0 Å². The minimum Gasteiger partial charge on any atom is -0.320 e. The van der Waals surface area contributed by atoms with Crippen LogP contribution in [0.4, 0.5) is 0 Å². The van der Waals surface area contributed by atoms with Gasteiger partial charge in [-0.3, -0.25) is 11.3 Å². The molecule has 6 atom stereocenters.